The van der Waals surface area contributed by atoms with Crippen LogP contribution in [0.25, 0.3) is 0 Å². The first-order valence-corrected chi connectivity index (χ1v) is 3.72. The fourth-order valence-corrected chi connectivity index (χ4v) is 0.777. The monoisotopic (exact) mass is 175 g/mol. The molecule has 0 unspecified atom stereocenters. The third-order valence-corrected chi connectivity index (χ3v) is 1.38. The zero-order valence-corrected chi connectivity index (χ0v) is 7.79. The highest BCUT2D eigenvalue weighted by Gasteiger charge is 2.16. The lowest BCUT2D eigenvalue weighted by atomic mass is 10.1. The third-order valence-electron chi connectivity index (χ3n) is 1.38. The molecule has 0 saturated carbocycles. The van der Waals surface area contributed by atoms with Gasteiger partial charge in [0.2, 0.25) is 0 Å². The summed E-state index contributed by atoms with van der Waals surface area (Å²) in [4.78, 5) is 0. The highest BCUT2D eigenvalue weighted by atomic mass is 16.5. The van der Waals surface area contributed by atoms with Crippen LogP contribution in [0.5, 0.6) is 0 Å². The average molecular weight is 175 g/mol. The molecule has 0 radical (unpaired) electrons. The molecular weight excluding hydrogens is 158 g/mol. The van der Waals surface area contributed by atoms with Gasteiger partial charge in [-0.05, 0) is 13.8 Å². The van der Waals surface area contributed by atoms with Crippen molar-refractivity contribution in [3.05, 3.63) is 0 Å². The number of nitrogens with zero attached hydrogens (tertiary/aromatic N) is 1. The molecule has 72 valence electrons. The Morgan fingerprint density at radius 3 is 2.67 bits per heavy atom. The van der Waals surface area contributed by atoms with E-state index in [0.29, 0.717) is 13.2 Å². The SMILES string of the molecule is COCC(C)(C)NCC(N)=NO. The summed E-state index contributed by atoms with van der Waals surface area (Å²) in [5.41, 5.74) is 5.11. The van der Waals surface area contributed by atoms with Gasteiger partial charge in [-0.15, -0.1) is 0 Å². The van der Waals surface area contributed by atoms with E-state index in [-0.39, 0.29) is 11.4 Å². The van der Waals surface area contributed by atoms with Crippen LogP contribution in [0.15, 0.2) is 5.16 Å². The zero-order chi connectivity index (χ0) is 9.61. The first-order chi connectivity index (χ1) is 5.52. The second-order valence-corrected chi connectivity index (χ2v) is 3.26. The molecule has 0 spiro atoms. The Bertz CT molecular complexity index is 157. The summed E-state index contributed by atoms with van der Waals surface area (Å²) in [5, 5.41) is 14.2. The number of hydrogen-bond donors (Lipinski definition) is 3. The average Bonchev–Trinajstić information content (AvgIpc) is 2.00. The smallest absolute Gasteiger partial charge is 0.153 e. The molecule has 0 aliphatic heterocycles. The molecule has 5 heteroatoms. The van der Waals surface area contributed by atoms with Gasteiger partial charge in [-0.25, -0.2) is 0 Å². The quantitative estimate of drug-likeness (QED) is 0.233. The number of nitrogens with one attached hydrogen (secondary N) is 1. The van der Waals surface area contributed by atoms with E-state index in [1.807, 2.05) is 13.8 Å². The van der Waals surface area contributed by atoms with Crippen molar-refractivity contribution in [1.82, 2.24) is 5.32 Å². The summed E-state index contributed by atoms with van der Waals surface area (Å²) in [6, 6.07) is 0. The van der Waals surface area contributed by atoms with Crippen molar-refractivity contribution in [2.45, 2.75) is 19.4 Å². The van der Waals surface area contributed by atoms with Crippen molar-refractivity contribution >= 4 is 5.84 Å². The molecule has 0 atom stereocenters. The van der Waals surface area contributed by atoms with Gasteiger partial charge in [0.05, 0.1) is 13.2 Å². The van der Waals surface area contributed by atoms with Crippen LogP contribution in [0, 0.1) is 0 Å². The summed E-state index contributed by atoms with van der Waals surface area (Å²) in [5.74, 6) is 0.166. The van der Waals surface area contributed by atoms with Gasteiger partial charge in [-0.2, -0.15) is 0 Å². The van der Waals surface area contributed by atoms with Crippen molar-refractivity contribution in [2.75, 3.05) is 20.3 Å². The number of hydrogen-bond acceptors (Lipinski definition) is 4. The van der Waals surface area contributed by atoms with Crippen molar-refractivity contribution in [1.29, 1.82) is 0 Å². The molecule has 0 aromatic heterocycles. The van der Waals surface area contributed by atoms with Crippen molar-refractivity contribution in [3.63, 3.8) is 0 Å². The second kappa shape index (κ2) is 4.95. The van der Waals surface area contributed by atoms with Gasteiger partial charge in [-0.1, -0.05) is 5.16 Å². The first kappa shape index (κ1) is 11.2. The molecule has 0 fully saturated rings. The van der Waals surface area contributed by atoms with Gasteiger partial charge in [0.15, 0.2) is 5.84 Å². The Hall–Kier alpha value is -0.810. The zero-order valence-electron chi connectivity index (χ0n) is 7.79. The van der Waals surface area contributed by atoms with Crippen LogP contribution in [0.1, 0.15) is 13.8 Å². The Morgan fingerprint density at radius 2 is 2.25 bits per heavy atom. The molecule has 0 heterocycles. The molecule has 0 aliphatic rings. The Morgan fingerprint density at radius 1 is 1.67 bits per heavy atom. The van der Waals surface area contributed by atoms with Crippen molar-refractivity contribution in [2.24, 2.45) is 10.9 Å². The van der Waals surface area contributed by atoms with Gasteiger partial charge < -0.3 is 21.0 Å². The van der Waals surface area contributed by atoms with Crippen molar-refractivity contribution < 1.29 is 9.94 Å². The molecule has 4 N–H and O–H groups in total. The van der Waals surface area contributed by atoms with Gasteiger partial charge >= 0.3 is 0 Å². The molecule has 0 aromatic rings. The van der Waals surface area contributed by atoms with E-state index in [0.717, 1.165) is 0 Å². The standard InChI is InChI=1S/C7H17N3O2/c1-7(2,5-12-3)9-4-6(8)10-11/h9,11H,4-5H2,1-3H3,(H2,8,10). The topological polar surface area (TPSA) is 79.9 Å². The van der Waals surface area contributed by atoms with Gasteiger partial charge in [0, 0.05) is 12.6 Å². The van der Waals surface area contributed by atoms with E-state index >= 15 is 0 Å². The van der Waals surface area contributed by atoms with Gasteiger partial charge in [0.1, 0.15) is 0 Å². The second-order valence-electron chi connectivity index (χ2n) is 3.26. The predicted molar refractivity (Wildman–Crippen MR) is 47.4 cm³/mol. The number of ether oxygens (including phenoxy) is 1. The Balaban J connectivity index is 3.75. The molecule has 5 nitrogen and oxygen atoms in total. The van der Waals surface area contributed by atoms with Crippen LogP contribution < -0.4 is 11.1 Å². The van der Waals surface area contributed by atoms with E-state index in [4.69, 9.17) is 15.7 Å². The predicted octanol–water partition coefficient (Wildman–Crippen LogP) is -0.253. The molecule has 0 saturated heterocycles. The Labute approximate surface area is 72.6 Å². The van der Waals surface area contributed by atoms with E-state index in [9.17, 15) is 0 Å². The highest BCUT2D eigenvalue weighted by molar-refractivity contribution is 5.81. The largest absolute Gasteiger partial charge is 0.409 e. The van der Waals surface area contributed by atoms with Crippen molar-refractivity contribution in [3.8, 4) is 0 Å². The fraction of sp³-hybridized carbons (Fsp3) is 0.857. The first-order valence-electron chi connectivity index (χ1n) is 3.72. The minimum atomic E-state index is -0.163. The summed E-state index contributed by atoms with van der Waals surface area (Å²) >= 11 is 0. The number of amidine groups is 1. The molecular formula is C7H17N3O2. The number of methoxy groups -OCH3 is 1. The number of nitrogens with two attached hydrogens (primary N) is 1. The van der Waals surface area contributed by atoms with Crippen LogP contribution in [0.2, 0.25) is 0 Å². The maximum absolute atomic E-state index is 8.25. The number of rotatable bonds is 5. The minimum absolute atomic E-state index is 0.163. The molecule has 0 aliphatic carbocycles. The molecule has 0 rings (SSSR count). The van der Waals surface area contributed by atoms with Gasteiger partial charge in [-0.3, -0.25) is 0 Å². The summed E-state index contributed by atoms with van der Waals surface area (Å²) in [7, 11) is 1.63. The molecule has 12 heavy (non-hydrogen) atoms. The molecule has 0 bridgehead atoms. The lowest BCUT2D eigenvalue weighted by Crippen LogP contribution is -2.47. The van der Waals surface area contributed by atoms with E-state index in [1.165, 1.54) is 0 Å². The highest BCUT2D eigenvalue weighted by Crippen LogP contribution is 2.00. The maximum Gasteiger partial charge on any atom is 0.153 e. The van der Waals surface area contributed by atoms with Crippen LogP contribution in [0.3, 0.4) is 0 Å². The van der Waals surface area contributed by atoms with Gasteiger partial charge in [0.25, 0.3) is 0 Å². The van der Waals surface area contributed by atoms with Crippen LogP contribution in [0.4, 0.5) is 0 Å². The normalized spacial score (nSPS) is 13.4. The summed E-state index contributed by atoms with van der Waals surface area (Å²) in [6.45, 7) is 4.88. The maximum atomic E-state index is 8.25. The molecule has 0 amide bonds. The number of oxime groups is 1. The summed E-state index contributed by atoms with van der Waals surface area (Å²) < 4.78 is 4.97. The summed E-state index contributed by atoms with van der Waals surface area (Å²) in [6.07, 6.45) is 0. The van der Waals surface area contributed by atoms with E-state index in [1.54, 1.807) is 7.11 Å². The third kappa shape index (κ3) is 4.92. The van der Waals surface area contributed by atoms with Crippen LogP contribution in [-0.4, -0.2) is 36.8 Å². The molecule has 0 aromatic carbocycles. The lowest BCUT2D eigenvalue weighted by molar-refractivity contribution is 0.131. The van der Waals surface area contributed by atoms with E-state index < -0.39 is 0 Å². The lowest BCUT2D eigenvalue weighted by Gasteiger charge is -2.24. The fourth-order valence-electron chi connectivity index (χ4n) is 0.777. The van der Waals surface area contributed by atoms with E-state index in [2.05, 4.69) is 10.5 Å². The van der Waals surface area contributed by atoms with Crippen LogP contribution >= 0.6 is 0 Å². The van der Waals surface area contributed by atoms with Crippen LogP contribution in [-0.2, 0) is 4.74 Å². The minimum Gasteiger partial charge on any atom is -0.409 e. The Kier molecular flexibility index (Phi) is 4.61.